The van der Waals surface area contributed by atoms with Crippen LogP contribution in [0.3, 0.4) is 0 Å². The normalized spacial score (nSPS) is 11.1. The number of rotatable bonds is 7. The van der Waals surface area contributed by atoms with Crippen LogP contribution in [0.1, 0.15) is 34.5 Å². The summed E-state index contributed by atoms with van der Waals surface area (Å²) in [6, 6.07) is 16.5. The molecule has 1 aromatic heterocycles. The Morgan fingerprint density at radius 2 is 1.80 bits per heavy atom. The van der Waals surface area contributed by atoms with E-state index >= 15 is 0 Å². The lowest BCUT2D eigenvalue weighted by molar-refractivity contribution is -0.782. The summed E-state index contributed by atoms with van der Waals surface area (Å²) in [5, 5.41) is 9.31. The van der Waals surface area contributed by atoms with E-state index in [1.54, 1.807) is 35.1 Å². The summed E-state index contributed by atoms with van der Waals surface area (Å²) >= 11 is 0. The third-order valence-electron chi connectivity index (χ3n) is 4.37. The second-order valence-corrected chi connectivity index (χ2v) is 6.58. The number of urea groups is 1. The van der Waals surface area contributed by atoms with Crippen LogP contribution in [0.25, 0.3) is 0 Å². The molecule has 30 heavy (non-hydrogen) atoms. The molecule has 3 aromatic rings. The molecule has 0 spiro atoms. The summed E-state index contributed by atoms with van der Waals surface area (Å²) in [6.45, 7) is 2.32. The van der Waals surface area contributed by atoms with Crippen LogP contribution >= 0.6 is 0 Å². The van der Waals surface area contributed by atoms with Gasteiger partial charge in [0.25, 0.3) is 6.20 Å². The van der Waals surface area contributed by atoms with Gasteiger partial charge in [-0.05, 0) is 27.9 Å². The van der Waals surface area contributed by atoms with E-state index in [0.29, 0.717) is 12.1 Å². The third-order valence-corrected chi connectivity index (χ3v) is 4.37. The van der Waals surface area contributed by atoms with Gasteiger partial charge in [0.05, 0.1) is 12.7 Å². The van der Waals surface area contributed by atoms with Gasteiger partial charge in [0.1, 0.15) is 0 Å². The fourth-order valence-electron chi connectivity index (χ4n) is 2.78. The molecular weight excluding hydrogens is 408 g/mol. The molecule has 1 atom stereocenters. The molecule has 0 aliphatic carbocycles. The maximum atomic E-state index is 12.1. The van der Waals surface area contributed by atoms with Gasteiger partial charge in [-0.1, -0.05) is 42.5 Å². The number of anilines is 1. The minimum atomic E-state index is -0.416. The number of hydrogen-bond acceptors (Lipinski definition) is 5. The summed E-state index contributed by atoms with van der Waals surface area (Å²) < 4.78 is 11.5. The van der Waals surface area contributed by atoms with Crippen LogP contribution in [0.4, 0.5) is 10.7 Å². The van der Waals surface area contributed by atoms with Gasteiger partial charge in [-0.15, -0.1) is 0 Å². The maximum Gasteiger partial charge on any atom is 0.337 e. The van der Waals surface area contributed by atoms with Gasteiger partial charge >= 0.3 is 17.9 Å². The first kappa shape index (κ1) is 22.9. The molecule has 2 aromatic carbocycles. The standard InChI is InChI=1S/C21H22N4O4.ClH/c1-15(12-16-6-4-3-5-7-16)25-14-19(29-24-25)23-21(27)22-13-17-8-10-18(11-9-17)20(26)28-2;/h3-11,14-15H,12-13H2,1-2H3,(H-,22,23,24,27);1H. The zero-order chi connectivity index (χ0) is 20.6. The fraction of sp³-hybridized carbons (Fsp3) is 0.238. The lowest BCUT2D eigenvalue weighted by Crippen LogP contribution is -3.00. The van der Waals surface area contributed by atoms with E-state index in [1.807, 2.05) is 25.1 Å². The second-order valence-electron chi connectivity index (χ2n) is 6.58. The fourth-order valence-corrected chi connectivity index (χ4v) is 2.78. The third kappa shape index (κ3) is 6.31. The number of nitrogens with zero attached hydrogens (tertiary/aromatic N) is 2. The first-order chi connectivity index (χ1) is 14.0. The number of benzene rings is 2. The van der Waals surface area contributed by atoms with Crippen LogP contribution in [0.2, 0.25) is 0 Å². The number of ether oxygens (including phenoxy) is 1. The number of carbonyl (C=O) groups excluding carboxylic acids is 2. The van der Waals surface area contributed by atoms with Gasteiger partial charge in [0.2, 0.25) is 5.27 Å². The van der Waals surface area contributed by atoms with Gasteiger partial charge in [-0.2, -0.15) is 0 Å². The predicted molar refractivity (Wildman–Crippen MR) is 105 cm³/mol. The lowest BCUT2D eigenvalue weighted by atomic mass is 10.1. The maximum absolute atomic E-state index is 12.1. The van der Waals surface area contributed by atoms with Crippen molar-refractivity contribution >= 4 is 17.9 Å². The van der Waals surface area contributed by atoms with Crippen LogP contribution < -0.4 is 27.7 Å². The average Bonchev–Trinajstić information content (AvgIpc) is 3.21. The molecule has 8 nitrogen and oxygen atoms in total. The molecule has 0 aliphatic rings. The predicted octanol–water partition coefficient (Wildman–Crippen LogP) is -0.122. The molecule has 0 bridgehead atoms. The highest BCUT2D eigenvalue weighted by molar-refractivity contribution is 5.89. The Kier molecular flexibility index (Phi) is 8.37. The first-order valence-electron chi connectivity index (χ1n) is 9.19. The van der Waals surface area contributed by atoms with Gasteiger partial charge in [-0.3, -0.25) is 9.84 Å². The van der Waals surface area contributed by atoms with Crippen molar-refractivity contribution in [1.82, 2.24) is 10.6 Å². The van der Waals surface area contributed by atoms with Gasteiger partial charge in [0.15, 0.2) is 6.04 Å². The molecule has 0 aliphatic heterocycles. The van der Waals surface area contributed by atoms with Crippen LogP contribution in [-0.2, 0) is 17.7 Å². The second kappa shape index (κ2) is 11.0. The first-order valence-corrected chi connectivity index (χ1v) is 9.19. The van der Waals surface area contributed by atoms with E-state index < -0.39 is 12.0 Å². The Bertz CT molecular complexity index is 961. The average molecular weight is 431 g/mol. The number of methoxy groups -OCH3 is 1. The van der Waals surface area contributed by atoms with Crippen molar-refractivity contribution in [3.8, 4) is 0 Å². The number of esters is 1. The minimum absolute atomic E-state index is 0. The summed E-state index contributed by atoms with van der Waals surface area (Å²) in [4.78, 5) is 23.5. The summed E-state index contributed by atoms with van der Waals surface area (Å²) in [5.41, 5.74) is 2.49. The van der Waals surface area contributed by atoms with E-state index in [-0.39, 0.29) is 24.3 Å². The zero-order valence-corrected chi connectivity index (χ0v) is 17.4. The molecule has 1 heterocycles. The van der Waals surface area contributed by atoms with E-state index in [0.717, 1.165) is 12.0 Å². The number of halogens is 1. The Labute approximate surface area is 180 Å². The molecule has 2 N–H and O–H groups in total. The van der Waals surface area contributed by atoms with Gasteiger partial charge in [-0.25, -0.2) is 9.59 Å². The summed E-state index contributed by atoms with van der Waals surface area (Å²) in [7, 11) is 1.33. The number of carbonyl (C=O) groups is 2. The molecule has 9 heteroatoms. The Morgan fingerprint density at radius 1 is 1.10 bits per heavy atom. The Balaban J connectivity index is 0.00000320. The van der Waals surface area contributed by atoms with Gasteiger partial charge < -0.3 is 22.5 Å². The monoisotopic (exact) mass is 430 g/mol. The van der Waals surface area contributed by atoms with Crippen molar-refractivity contribution in [3.63, 3.8) is 0 Å². The van der Waals surface area contributed by atoms with Crippen molar-refractivity contribution < 1.29 is 35.9 Å². The molecule has 0 saturated carbocycles. The highest BCUT2D eigenvalue weighted by Gasteiger charge is 2.21. The molecule has 3 rings (SSSR count). The summed E-state index contributed by atoms with van der Waals surface area (Å²) in [5.74, 6) is -0.147. The molecule has 0 fully saturated rings. The van der Waals surface area contributed by atoms with Crippen molar-refractivity contribution in [3.05, 3.63) is 77.5 Å². The molecule has 2 amide bonds. The number of aromatic nitrogens is 2. The molecule has 158 valence electrons. The highest BCUT2D eigenvalue weighted by atomic mass is 35.5. The van der Waals surface area contributed by atoms with Crippen molar-refractivity contribution in [2.75, 3.05) is 12.4 Å². The lowest BCUT2D eigenvalue weighted by Gasteiger charge is -2.05. The van der Waals surface area contributed by atoms with Crippen LogP contribution in [0.15, 0.2) is 65.3 Å². The van der Waals surface area contributed by atoms with E-state index in [4.69, 9.17) is 4.52 Å². The van der Waals surface area contributed by atoms with Crippen LogP contribution in [0.5, 0.6) is 0 Å². The molecule has 0 saturated heterocycles. The van der Waals surface area contributed by atoms with Crippen molar-refractivity contribution in [2.45, 2.75) is 25.9 Å². The SMILES string of the molecule is COC(=O)c1ccc(CNC(=O)Nc2c[n+](C(C)Cc3ccccc3)no2)cc1.[Cl-]. The van der Waals surface area contributed by atoms with Crippen LogP contribution in [0, 0.1) is 0 Å². The number of nitrogens with one attached hydrogen (secondary N) is 2. The molecule has 1 unspecified atom stereocenters. The topological polar surface area (TPSA) is 97.3 Å². The largest absolute Gasteiger partial charge is 1.00 e. The smallest absolute Gasteiger partial charge is 0.337 e. The minimum Gasteiger partial charge on any atom is -1.00 e. The highest BCUT2D eigenvalue weighted by Crippen LogP contribution is 2.10. The Morgan fingerprint density at radius 3 is 2.47 bits per heavy atom. The van der Waals surface area contributed by atoms with Crippen LogP contribution in [-0.4, -0.2) is 24.4 Å². The van der Waals surface area contributed by atoms with E-state index in [1.165, 1.54) is 12.7 Å². The van der Waals surface area contributed by atoms with E-state index in [2.05, 4.69) is 32.8 Å². The quantitative estimate of drug-likeness (QED) is 0.402. The number of hydrogen-bond donors (Lipinski definition) is 2. The number of amides is 2. The zero-order valence-electron chi connectivity index (χ0n) is 16.7. The van der Waals surface area contributed by atoms with Crippen molar-refractivity contribution in [1.29, 1.82) is 0 Å². The molecular formula is C21H23ClN4O4. The van der Waals surface area contributed by atoms with E-state index in [9.17, 15) is 9.59 Å². The van der Waals surface area contributed by atoms with Crippen molar-refractivity contribution in [2.24, 2.45) is 0 Å². The Hall–Kier alpha value is -3.39. The van der Waals surface area contributed by atoms with Gasteiger partial charge in [0, 0.05) is 19.9 Å². The molecule has 0 radical (unpaired) electrons. The summed E-state index contributed by atoms with van der Waals surface area (Å²) in [6.07, 6.45) is 2.45.